The standard InChI is InChI=1S/C31H28IN3O5S/c1-5-40-22-13-11-20(12-14-22)27-26(29(36)34-21-9-7-6-8-10-21)18(2)33-31-35(27)30(37)25(41-31)17-19-15-23(32)28(39-4)24(16-19)38-3/h6-17,27H,5H2,1-4H3,(H,34,36)/b25-17-/t27-/m1/s1. The Bertz CT molecular complexity index is 1810. The van der Waals surface area contributed by atoms with Gasteiger partial charge in [-0.05, 0) is 90.0 Å². The maximum atomic E-state index is 14.0. The summed E-state index contributed by atoms with van der Waals surface area (Å²) < 4.78 is 19.5. The Morgan fingerprint density at radius 3 is 2.49 bits per heavy atom. The van der Waals surface area contributed by atoms with Crippen LogP contribution in [-0.2, 0) is 4.79 Å². The van der Waals surface area contributed by atoms with Crippen molar-refractivity contribution in [1.29, 1.82) is 0 Å². The number of halogens is 1. The maximum absolute atomic E-state index is 14.0. The lowest BCUT2D eigenvalue weighted by atomic mass is 9.95. The van der Waals surface area contributed by atoms with Crippen LogP contribution in [0.3, 0.4) is 0 Å². The van der Waals surface area contributed by atoms with Crippen molar-refractivity contribution in [3.63, 3.8) is 0 Å². The zero-order chi connectivity index (χ0) is 29.1. The highest BCUT2D eigenvalue weighted by molar-refractivity contribution is 14.1. The van der Waals surface area contributed by atoms with Crippen molar-refractivity contribution >= 4 is 51.6 Å². The molecule has 0 bridgehead atoms. The van der Waals surface area contributed by atoms with Gasteiger partial charge in [-0.15, -0.1) is 0 Å². The molecule has 1 aliphatic heterocycles. The van der Waals surface area contributed by atoms with Crippen LogP contribution in [0.2, 0.25) is 0 Å². The molecule has 0 saturated carbocycles. The molecule has 1 N–H and O–H groups in total. The largest absolute Gasteiger partial charge is 0.494 e. The fraction of sp³-hybridized carbons (Fsp3) is 0.194. The number of amides is 1. The van der Waals surface area contributed by atoms with E-state index in [1.54, 1.807) is 25.7 Å². The molecule has 3 aromatic carbocycles. The van der Waals surface area contributed by atoms with Gasteiger partial charge < -0.3 is 19.5 Å². The van der Waals surface area contributed by atoms with Crippen LogP contribution in [0.1, 0.15) is 31.0 Å². The number of benzene rings is 3. The molecule has 5 rings (SSSR count). The Balaban J connectivity index is 1.66. The Morgan fingerprint density at radius 2 is 1.83 bits per heavy atom. The highest BCUT2D eigenvalue weighted by atomic mass is 127. The van der Waals surface area contributed by atoms with Gasteiger partial charge in [0.05, 0.1) is 46.2 Å². The summed E-state index contributed by atoms with van der Waals surface area (Å²) in [6.07, 6.45) is 1.81. The van der Waals surface area contributed by atoms with Gasteiger partial charge in [-0.2, -0.15) is 0 Å². The highest BCUT2D eigenvalue weighted by Gasteiger charge is 2.32. The Hall–Kier alpha value is -3.90. The van der Waals surface area contributed by atoms with Crippen molar-refractivity contribution in [2.75, 3.05) is 26.1 Å². The van der Waals surface area contributed by atoms with Gasteiger partial charge in [0.25, 0.3) is 11.5 Å². The van der Waals surface area contributed by atoms with Gasteiger partial charge >= 0.3 is 0 Å². The lowest BCUT2D eigenvalue weighted by Gasteiger charge is -2.25. The van der Waals surface area contributed by atoms with Crippen LogP contribution in [-0.4, -0.2) is 31.3 Å². The zero-order valence-electron chi connectivity index (χ0n) is 22.9. The van der Waals surface area contributed by atoms with Crippen LogP contribution in [0.4, 0.5) is 5.69 Å². The molecule has 0 radical (unpaired) electrons. The molecule has 0 unspecified atom stereocenters. The predicted octanol–water partition coefficient (Wildman–Crippen LogP) is 4.89. The molecule has 8 nitrogen and oxygen atoms in total. The summed E-state index contributed by atoms with van der Waals surface area (Å²) in [5.41, 5.74) is 2.92. The van der Waals surface area contributed by atoms with Gasteiger partial charge in [-0.1, -0.05) is 41.7 Å². The van der Waals surface area contributed by atoms with Crippen LogP contribution >= 0.6 is 33.9 Å². The quantitative estimate of drug-likeness (QED) is 0.268. The molecule has 1 amide bonds. The smallest absolute Gasteiger partial charge is 0.271 e. The SMILES string of the molecule is CCOc1ccc([C@@H]2C(C(=O)Nc3ccccc3)=C(C)N=c3s/c(=C\c4cc(I)c(OC)c(OC)c4)c(=O)n32)cc1. The summed E-state index contributed by atoms with van der Waals surface area (Å²) in [5, 5.41) is 2.97. The minimum atomic E-state index is -0.682. The monoisotopic (exact) mass is 681 g/mol. The molecule has 0 saturated heterocycles. The van der Waals surface area contributed by atoms with E-state index in [0.29, 0.717) is 50.1 Å². The number of para-hydroxylation sites is 1. The number of carbonyl (C=O) groups excluding carboxylic acids is 1. The number of nitrogens with zero attached hydrogens (tertiary/aromatic N) is 2. The van der Waals surface area contributed by atoms with Gasteiger partial charge in [-0.3, -0.25) is 14.2 Å². The Labute approximate surface area is 254 Å². The zero-order valence-corrected chi connectivity index (χ0v) is 25.9. The molecule has 4 aromatic rings. The molecule has 1 atom stereocenters. The molecule has 10 heteroatoms. The third-order valence-electron chi connectivity index (χ3n) is 6.56. The second kappa shape index (κ2) is 12.3. The number of anilines is 1. The molecule has 210 valence electrons. The first-order valence-electron chi connectivity index (χ1n) is 12.9. The van der Waals surface area contributed by atoms with E-state index in [1.165, 1.54) is 11.3 Å². The fourth-order valence-corrected chi connectivity index (χ4v) is 6.62. The first-order chi connectivity index (χ1) is 19.8. The summed E-state index contributed by atoms with van der Waals surface area (Å²) in [6, 6.07) is 19.8. The number of rotatable bonds is 8. The van der Waals surface area contributed by atoms with Gasteiger partial charge in [0, 0.05) is 5.69 Å². The van der Waals surface area contributed by atoms with Crippen molar-refractivity contribution in [1.82, 2.24) is 4.57 Å². The topological polar surface area (TPSA) is 91.2 Å². The minimum absolute atomic E-state index is 0.241. The number of aromatic nitrogens is 1. The number of nitrogens with one attached hydrogen (secondary N) is 1. The molecule has 0 spiro atoms. The van der Waals surface area contributed by atoms with Gasteiger partial charge in [-0.25, -0.2) is 4.99 Å². The molecule has 1 aliphatic rings. The van der Waals surface area contributed by atoms with E-state index in [2.05, 4.69) is 27.9 Å². The van der Waals surface area contributed by atoms with Crippen LogP contribution in [0.25, 0.3) is 6.08 Å². The number of hydrogen-bond donors (Lipinski definition) is 1. The van der Waals surface area contributed by atoms with Crippen LogP contribution < -0.4 is 34.4 Å². The third kappa shape index (κ3) is 5.80. The van der Waals surface area contributed by atoms with E-state index in [9.17, 15) is 9.59 Å². The summed E-state index contributed by atoms with van der Waals surface area (Å²) in [4.78, 5) is 33.0. The van der Waals surface area contributed by atoms with E-state index in [1.807, 2.05) is 79.7 Å². The molecular weight excluding hydrogens is 653 g/mol. The second-order valence-corrected chi connectivity index (χ2v) is 11.3. The van der Waals surface area contributed by atoms with E-state index < -0.39 is 6.04 Å². The molecule has 0 fully saturated rings. The van der Waals surface area contributed by atoms with E-state index in [0.717, 1.165) is 14.7 Å². The minimum Gasteiger partial charge on any atom is -0.494 e. The van der Waals surface area contributed by atoms with Crippen LogP contribution in [0.15, 0.2) is 87.8 Å². The van der Waals surface area contributed by atoms with Gasteiger partial charge in [0.2, 0.25) is 0 Å². The first-order valence-corrected chi connectivity index (χ1v) is 14.8. The van der Waals surface area contributed by atoms with Crippen molar-refractivity contribution in [2.24, 2.45) is 4.99 Å². The van der Waals surface area contributed by atoms with Crippen molar-refractivity contribution in [3.05, 3.63) is 112 Å². The number of fused-ring (bicyclic) bond motifs is 1. The lowest BCUT2D eigenvalue weighted by molar-refractivity contribution is -0.113. The van der Waals surface area contributed by atoms with Crippen LogP contribution in [0.5, 0.6) is 17.2 Å². The average molecular weight is 682 g/mol. The molecule has 41 heavy (non-hydrogen) atoms. The average Bonchev–Trinajstić information content (AvgIpc) is 3.26. The number of methoxy groups -OCH3 is 2. The van der Waals surface area contributed by atoms with Crippen LogP contribution in [0, 0.1) is 3.57 Å². The molecule has 0 aliphatic carbocycles. The Morgan fingerprint density at radius 1 is 1.10 bits per heavy atom. The number of carbonyl (C=O) groups is 1. The first kappa shape index (κ1) is 28.6. The number of allylic oxidation sites excluding steroid dienone is 1. The summed E-state index contributed by atoms with van der Waals surface area (Å²) >= 11 is 3.46. The van der Waals surface area contributed by atoms with Gasteiger partial charge in [0.1, 0.15) is 5.75 Å². The fourth-order valence-electron chi connectivity index (χ4n) is 4.73. The highest BCUT2D eigenvalue weighted by Crippen LogP contribution is 2.34. The molecular formula is C31H28IN3O5S. The number of ether oxygens (including phenoxy) is 3. The van der Waals surface area contributed by atoms with Crippen molar-refractivity contribution in [2.45, 2.75) is 19.9 Å². The molecule has 2 heterocycles. The lowest BCUT2D eigenvalue weighted by Crippen LogP contribution is -2.40. The summed E-state index contributed by atoms with van der Waals surface area (Å²) in [5.74, 6) is 1.59. The van der Waals surface area contributed by atoms with Crippen molar-refractivity contribution < 1.29 is 19.0 Å². The second-order valence-electron chi connectivity index (χ2n) is 9.14. The third-order valence-corrected chi connectivity index (χ3v) is 8.34. The number of thiazole rings is 1. The normalized spacial score (nSPS) is 14.8. The number of hydrogen-bond acceptors (Lipinski definition) is 7. The van der Waals surface area contributed by atoms with E-state index in [-0.39, 0.29) is 11.5 Å². The summed E-state index contributed by atoms with van der Waals surface area (Å²) in [7, 11) is 3.17. The van der Waals surface area contributed by atoms with Gasteiger partial charge in [0.15, 0.2) is 16.3 Å². The Kier molecular flexibility index (Phi) is 8.60. The maximum Gasteiger partial charge on any atom is 0.271 e. The van der Waals surface area contributed by atoms with E-state index >= 15 is 0 Å². The van der Waals surface area contributed by atoms with E-state index in [4.69, 9.17) is 19.2 Å². The van der Waals surface area contributed by atoms with Crippen molar-refractivity contribution in [3.8, 4) is 17.2 Å². The predicted molar refractivity (Wildman–Crippen MR) is 169 cm³/mol. The molecule has 1 aromatic heterocycles. The summed E-state index contributed by atoms with van der Waals surface area (Å²) in [6.45, 7) is 4.26.